The minimum atomic E-state index is -0.659. The van der Waals surface area contributed by atoms with E-state index in [9.17, 15) is 14.4 Å². The van der Waals surface area contributed by atoms with Crippen LogP contribution < -0.4 is 20.3 Å². The largest absolute Gasteiger partial charge is 0.488 e. The van der Waals surface area contributed by atoms with Crippen LogP contribution in [-0.4, -0.2) is 95.8 Å². The van der Waals surface area contributed by atoms with Gasteiger partial charge in [0, 0.05) is 61.1 Å². The summed E-state index contributed by atoms with van der Waals surface area (Å²) in [5.74, 6) is 0.474. The molecule has 2 aliphatic heterocycles. The van der Waals surface area contributed by atoms with Gasteiger partial charge in [-0.05, 0) is 50.3 Å². The lowest BCUT2D eigenvalue weighted by atomic mass is 10.1. The van der Waals surface area contributed by atoms with Crippen LogP contribution in [0.15, 0.2) is 48.8 Å². The molecule has 1 aromatic carbocycles. The highest BCUT2D eigenvalue weighted by Crippen LogP contribution is 2.39. The highest BCUT2D eigenvalue weighted by Gasteiger charge is 2.35. The van der Waals surface area contributed by atoms with E-state index in [0.717, 1.165) is 27.9 Å². The smallest absolute Gasteiger partial charge is 0.410 e. The summed E-state index contributed by atoms with van der Waals surface area (Å²) >= 11 is 6.27. The van der Waals surface area contributed by atoms with E-state index in [4.69, 9.17) is 25.8 Å². The maximum absolute atomic E-state index is 13.0. The number of pyridine rings is 2. The third kappa shape index (κ3) is 8.88. The van der Waals surface area contributed by atoms with Gasteiger partial charge in [0.1, 0.15) is 18.0 Å². The van der Waals surface area contributed by atoms with Crippen LogP contribution in [0.25, 0.3) is 11.3 Å². The lowest BCUT2D eigenvalue weighted by Gasteiger charge is -2.41. The molecule has 2 aromatic heterocycles. The van der Waals surface area contributed by atoms with Gasteiger partial charge in [-0.25, -0.2) is 9.78 Å². The van der Waals surface area contributed by atoms with Gasteiger partial charge in [0.2, 0.25) is 5.91 Å². The van der Waals surface area contributed by atoms with Crippen molar-refractivity contribution in [3.05, 3.63) is 53.8 Å². The van der Waals surface area contributed by atoms with Gasteiger partial charge in [0.25, 0.3) is 0 Å². The number of hydrogen-bond donors (Lipinski definition) is 1. The van der Waals surface area contributed by atoms with E-state index in [-0.39, 0.29) is 18.7 Å². The molecule has 1 saturated heterocycles. The Morgan fingerprint density at radius 1 is 1.11 bits per heavy atom. The summed E-state index contributed by atoms with van der Waals surface area (Å²) in [6.07, 6.45) is 3.15. The van der Waals surface area contributed by atoms with E-state index in [1.54, 1.807) is 38.1 Å². The molecule has 14 heteroatoms. The molecule has 1 fully saturated rings. The van der Waals surface area contributed by atoms with Crippen molar-refractivity contribution in [2.24, 2.45) is 0 Å². The molecule has 3 aromatic rings. The number of nitrogens with one attached hydrogen (secondary N) is 1. The summed E-state index contributed by atoms with van der Waals surface area (Å²) in [5.41, 5.74) is 2.70. The Hall–Kier alpha value is -3.99. The summed E-state index contributed by atoms with van der Waals surface area (Å²) < 4.78 is 16.3. The van der Waals surface area contributed by atoms with E-state index in [1.807, 2.05) is 36.4 Å². The van der Waals surface area contributed by atoms with Gasteiger partial charge in [-0.3, -0.25) is 19.5 Å². The fourth-order valence-corrected chi connectivity index (χ4v) is 6.04. The molecular weight excluding hydrogens is 643 g/mol. The lowest BCUT2D eigenvalue weighted by Crippen LogP contribution is -2.57. The molecule has 2 unspecified atom stereocenters. The van der Waals surface area contributed by atoms with Crippen molar-refractivity contribution in [1.82, 2.24) is 19.8 Å². The van der Waals surface area contributed by atoms with Crippen LogP contribution in [-0.2, 0) is 19.1 Å². The Morgan fingerprint density at radius 3 is 2.68 bits per heavy atom. The SMILES string of the molecule is COC(=O)CC1CN(CCC(=O)Nc2cc(N3CCOc4cnc(-c5cc(Cl)ccc5P)cc43)ccn2)CCN1C(=O)OC(C)(C)C. The summed E-state index contributed by atoms with van der Waals surface area (Å²) in [5, 5.41) is 4.52. The molecule has 0 radical (unpaired) electrons. The zero-order valence-corrected chi connectivity index (χ0v) is 28.9. The van der Waals surface area contributed by atoms with Gasteiger partial charge >= 0.3 is 12.1 Å². The van der Waals surface area contributed by atoms with E-state index in [1.165, 1.54) is 7.11 Å². The Bertz CT molecular complexity index is 1640. The van der Waals surface area contributed by atoms with Gasteiger partial charge in [-0.2, -0.15) is 0 Å². The average molecular weight is 683 g/mol. The first-order valence-electron chi connectivity index (χ1n) is 15.4. The third-order valence-corrected chi connectivity index (χ3v) is 8.54. The number of carbonyl (C=O) groups excluding carboxylic acids is 3. The fourth-order valence-electron chi connectivity index (χ4n) is 5.54. The summed E-state index contributed by atoms with van der Waals surface area (Å²) in [6, 6.07) is 10.9. The maximum atomic E-state index is 13.0. The number of amides is 2. The molecule has 2 aliphatic rings. The minimum Gasteiger partial charge on any atom is -0.488 e. The first-order valence-corrected chi connectivity index (χ1v) is 16.4. The van der Waals surface area contributed by atoms with E-state index in [2.05, 4.69) is 34.3 Å². The molecule has 5 rings (SSSR count). The molecule has 0 saturated carbocycles. The molecule has 0 spiro atoms. The summed E-state index contributed by atoms with van der Waals surface area (Å²) in [4.78, 5) is 52.7. The Kier molecular flexibility index (Phi) is 10.8. The number of rotatable bonds is 8. The molecule has 4 heterocycles. The van der Waals surface area contributed by atoms with E-state index < -0.39 is 23.7 Å². The second-order valence-electron chi connectivity index (χ2n) is 12.4. The Balaban J connectivity index is 1.23. The second-order valence-corrected chi connectivity index (χ2v) is 13.4. The van der Waals surface area contributed by atoms with Crippen molar-refractivity contribution in [1.29, 1.82) is 0 Å². The zero-order chi connectivity index (χ0) is 33.7. The highest BCUT2D eigenvalue weighted by atomic mass is 35.5. The number of aromatic nitrogens is 2. The fraction of sp³-hybridized carbons (Fsp3) is 0.424. The topological polar surface area (TPSA) is 126 Å². The van der Waals surface area contributed by atoms with Gasteiger partial charge in [0.05, 0.1) is 43.7 Å². The highest BCUT2D eigenvalue weighted by molar-refractivity contribution is 7.28. The van der Waals surface area contributed by atoms with E-state index >= 15 is 0 Å². The Labute approximate surface area is 281 Å². The standard InChI is InChI=1S/C33H40ClN6O6P/c1-33(2,3)46-32(43)40-12-11-38(20-23(40)17-31(42)44-4)10-8-30(41)37-29-16-22(7-9-35-29)39-13-14-45-27-19-36-25(18-26(27)39)24-15-21(34)5-6-28(24)47/h5-7,9,15-16,18-19,23H,8,10-14,17,20,47H2,1-4H3,(H,35,37,41). The normalized spacial score (nSPS) is 16.6. The van der Waals surface area contributed by atoms with Crippen LogP contribution >= 0.6 is 20.8 Å². The summed E-state index contributed by atoms with van der Waals surface area (Å²) in [7, 11) is 4.04. The molecule has 250 valence electrons. The van der Waals surface area contributed by atoms with Crippen molar-refractivity contribution in [3.63, 3.8) is 0 Å². The number of benzene rings is 1. The summed E-state index contributed by atoms with van der Waals surface area (Å²) in [6.45, 7) is 8.24. The number of hydrogen-bond acceptors (Lipinski definition) is 10. The maximum Gasteiger partial charge on any atom is 0.410 e. The number of anilines is 3. The molecule has 12 nitrogen and oxygen atoms in total. The molecule has 2 atom stereocenters. The van der Waals surface area contributed by atoms with Crippen LogP contribution in [0.3, 0.4) is 0 Å². The number of methoxy groups -OCH3 is 1. The van der Waals surface area contributed by atoms with Crippen LogP contribution in [0.5, 0.6) is 5.75 Å². The number of fused-ring (bicyclic) bond motifs is 1. The minimum absolute atomic E-state index is 0.0367. The lowest BCUT2D eigenvalue weighted by molar-refractivity contribution is -0.142. The molecule has 47 heavy (non-hydrogen) atoms. The number of nitrogens with zero attached hydrogens (tertiary/aromatic N) is 5. The molecule has 0 aliphatic carbocycles. The molecular formula is C33H40ClN6O6P. The van der Waals surface area contributed by atoms with Crippen LogP contribution in [0, 0.1) is 0 Å². The zero-order valence-electron chi connectivity index (χ0n) is 27.0. The number of carbonyl (C=O) groups is 3. The van der Waals surface area contributed by atoms with Gasteiger partial charge in [0.15, 0.2) is 5.75 Å². The van der Waals surface area contributed by atoms with Crippen molar-refractivity contribution >= 4 is 61.3 Å². The first kappa shape index (κ1) is 34.3. The number of halogens is 1. The number of piperazine rings is 1. The third-order valence-electron chi connectivity index (χ3n) is 7.80. The van der Waals surface area contributed by atoms with Crippen LogP contribution in [0.4, 0.5) is 22.0 Å². The Morgan fingerprint density at radius 2 is 1.91 bits per heavy atom. The number of ether oxygens (including phenoxy) is 3. The van der Waals surface area contributed by atoms with Crippen molar-refractivity contribution < 1.29 is 28.6 Å². The van der Waals surface area contributed by atoms with Crippen molar-refractivity contribution in [2.75, 3.05) is 56.7 Å². The molecule has 2 amide bonds. The van der Waals surface area contributed by atoms with Crippen molar-refractivity contribution in [2.45, 2.75) is 45.3 Å². The number of esters is 1. The predicted molar refractivity (Wildman–Crippen MR) is 184 cm³/mol. The molecule has 1 N–H and O–H groups in total. The van der Waals surface area contributed by atoms with Crippen molar-refractivity contribution in [3.8, 4) is 17.0 Å². The molecule has 0 bridgehead atoms. The van der Waals surface area contributed by atoms with Crippen LogP contribution in [0.1, 0.15) is 33.6 Å². The monoisotopic (exact) mass is 682 g/mol. The van der Waals surface area contributed by atoms with Gasteiger partial charge in [-0.1, -0.05) is 17.7 Å². The van der Waals surface area contributed by atoms with Crippen LogP contribution in [0.2, 0.25) is 5.02 Å². The van der Waals surface area contributed by atoms with Gasteiger partial charge < -0.3 is 29.3 Å². The quantitative estimate of drug-likeness (QED) is 0.265. The van der Waals surface area contributed by atoms with Gasteiger partial charge in [-0.15, -0.1) is 9.24 Å². The first-order chi connectivity index (χ1) is 22.4. The van der Waals surface area contributed by atoms with E-state index in [0.29, 0.717) is 55.9 Å². The average Bonchev–Trinajstić information content (AvgIpc) is 3.03. The second kappa shape index (κ2) is 14.8. The predicted octanol–water partition coefficient (Wildman–Crippen LogP) is 4.64.